The van der Waals surface area contributed by atoms with Gasteiger partial charge in [-0.1, -0.05) is 30.7 Å². The number of aromatic nitrogens is 3. The summed E-state index contributed by atoms with van der Waals surface area (Å²) in [6, 6.07) is 12.4. The van der Waals surface area contributed by atoms with Crippen molar-refractivity contribution in [2.75, 3.05) is 6.26 Å². The van der Waals surface area contributed by atoms with Crippen LogP contribution in [0.15, 0.2) is 54.4 Å². The van der Waals surface area contributed by atoms with Crippen molar-refractivity contribution in [3.63, 3.8) is 0 Å². The third kappa shape index (κ3) is 3.17. The van der Waals surface area contributed by atoms with E-state index in [0.29, 0.717) is 0 Å². The molecule has 0 saturated heterocycles. The smallest absolute Gasteiger partial charge is 0.147 e. The van der Waals surface area contributed by atoms with Crippen molar-refractivity contribution in [1.29, 1.82) is 0 Å². The zero-order valence-electron chi connectivity index (χ0n) is 13.8. The number of allylic oxidation sites excluding steroid dienone is 1. The Morgan fingerprint density at radius 2 is 2.00 bits per heavy atom. The van der Waals surface area contributed by atoms with Crippen LogP contribution in [0, 0.1) is 0 Å². The number of rotatable bonds is 5. The van der Waals surface area contributed by atoms with E-state index in [1.54, 1.807) is 11.8 Å². The van der Waals surface area contributed by atoms with Gasteiger partial charge in [0.1, 0.15) is 5.82 Å². The SMILES string of the molecule is CC/C(C)=C(\SC)c1nc2ccccc2n1Cc1cccnc1. The van der Waals surface area contributed by atoms with Crippen LogP contribution in [0.3, 0.4) is 0 Å². The van der Waals surface area contributed by atoms with E-state index in [1.165, 1.54) is 21.6 Å². The van der Waals surface area contributed by atoms with Crippen molar-refractivity contribution >= 4 is 27.7 Å². The Morgan fingerprint density at radius 3 is 2.70 bits per heavy atom. The first-order chi connectivity index (χ1) is 11.2. The normalized spacial score (nSPS) is 12.5. The quantitative estimate of drug-likeness (QED) is 0.663. The van der Waals surface area contributed by atoms with Crippen molar-refractivity contribution in [1.82, 2.24) is 14.5 Å². The third-order valence-corrected chi connectivity index (χ3v) is 4.98. The van der Waals surface area contributed by atoms with Gasteiger partial charge in [0, 0.05) is 17.3 Å². The van der Waals surface area contributed by atoms with E-state index in [-0.39, 0.29) is 0 Å². The number of hydrogen-bond donors (Lipinski definition) is 0. The third-order valence-electron chi connectivity index (χ3n) is 4.04. The van der Waals surface area contributed by atoms with E-state index in [0.717, 1.165) is 24.3 Å². The average molecular weight is 323 g/mol. The van der Waals surface area contributed by atoms with Crippen LogP contribution < -0.4 is 0 Å². The number of pyridine rings is 1. The van der Waals surface area contributed by atoms with Crippen LogP contribution in [-0.2, 0) is 6.54 Å². The number of nitrogens with zero attached hydrogens (tertiary/aromatic N) is 3. The maximum absolute atomic E-state index is 4.91. The molecule has 0 aliphatic rings. The number of hydrogen-bond acceptors (Lipinski definition) is 3. The zero-order chi connectivity index (χ0) is 16.2. The molecule has 2 aromatic heterocycles. The van der Waals surface area contributed by atoms with Crippen LogP contribution in [0.4, 0.5) is 0 Å². The minimum Gasteiger partial charge on any atom is -0.319 e. The van der Waals surface area contributed by atoms with Crippen LogP contribution in [0.25, 0.3) is 15.9 Å². The minimum absolute atomic E-state index is 0.782. The second kappa shape index (κ2) is 7.01. The van der Waals surface area contributed by atoms with Gasteiger partial charge in [0.2, 0.25) is 0 Å². The topological polar surface area (TPSA) is 30.7 Å². The first kappa shape index (κ1) is 15.8. The number of benzene rings is 1. The van der Waals surface area contributed by atoms with Crippen LogP contribution in [0.1, 0.15) is 31.7 Å². The summed E-state index contributed by atoms with van der Waals surface area (Å²) in [4.78, 5) is 10.4. The van der Waals surface area contributed by atoms with E-state index in [2.05, 4.69) is 53.9 Å². The standard InChI is InChI=1S/C19H21N3S/c1-4-14(2)18(23-3)19-21-16-9-5-6-10-17(16)22(19)13-15-8-7-11-20-12-15/h5-12H,4,13H2,1-3H3/b18-14-. The lowest BCUT2D eigenvalue weighted by Gasteiger charge is -2.13. The molecule has 2 heterocycles. The van der Waals surface area contributed by atoms with Gasteiger partial charge in [0.05, 0.1) is 17.6 Å². The molecule has 0 saturated carbocycles. The van der Waals surface area contributed by atoms with E-state index >= 15 is 0 Å². The molecular formula is C19H21N3S. The molecule has 0 fully saturated rings. The minimum atomic E-state index is 0.782. The zero-order valence-corrected chi connectivity index (χ0v) is 14.6. The van der Waals surface area contributed by atoms with Crippen molar-refractivity contribution in [2.24, 2.45) is 0 Å². The molecular weight excluding hydrogens is 302 g/mol. The predicted octanol–water partition coefficient (Wildman–Crippen LogP) is 4.98. The molecule has 0 spiro atoms. The second-order valence-electron chi connectivity index (χ2n) is 5.54. The monoisotopic (exact) mass is 323 g/mol. The second-order valence-corrected chi connectivity index (χ2v) is 6.36. The molecule has 1 aromatic carbocycles. The largest absolute Gasteiger partial charge is 0.319 e. The summed E-state index contributed by atoms with van der Waals surface area (Å²) in [6.07, 6.45) is 6.90. The van der Waals surface area contributed by atoms with Crippen LogP contribution in [0.5, 0.6) is 0 Å². The van der Waals surface area contributed by atoms with Crippen LogP contribution >= 0.6 is 11.8 Å². The van der Waals surface area contributed by atoms with Gasteiger partial charge >= 0.3 is 0 Å². The highest BCUT2D eigenvalue weighted by atomic mass is 32.2. The summed E-state index contributed by atoms with van der Waals surface area (Å²) in [5.74, 6) is 1.06. The van der Waals surface area contributed by atoms with Gasteiger partial charge in [0.15, 0.2) is 0 Å². The Balaban J connectivity index is 2.19. The molecule has 0 unspecified atom stereocenters. The molecule has 118 valence electrons. The lowest BCUT2D eigenvalue weighted by atomic mass is 10.2. The number of thioether (sulfide) groups is 1. The highest BCUT2D eigenvalue weighted by molar-refractivity contribution is 8.07. The molecule has 3 aromatic rings. The van der Waals surface area contributed by atoms with E-state index in [9.17, 15) is 0 Å². The highest BCUT2D eigenvalue weighted by Crippen LogP contribution is 2.32. The summed E-state index contributed by atoms with van der Waals surface area (Å²) in [7, 11) is 0. The van der Waals surface area contributed by atoms with Gasteiger partial charge in [-0.15, -0.1) is 11.8 Å². The van der Waals surface area contributed by atoms with Gasteiger partial charge < -0.3 is 4.57 Å². The average Bonchev–Trinajstić information content (AvgIpc) is 2.95. The Kier molecular flexibility index (Phi) is 4.82. The fourth-order valence-electron chi connectivity index (χ4n) is 2.70. The summed E-state index contributed by atoms with van der Waals surface area (Å²) in [5, 5.41) is 0. The number of imidazole rings is 1. The molecule has 0 aliphatic heterocycles. The number of fused-ring (bicyclic) bond motifs is 1. The molecule has 4 heteroatoms. The first-order valence-electron chi connectivity index (χ1n) is 7.83. The number of para-hydroxylation sites is 2. The van der Waals surface area contributed by atoms with E-state index in [1.807, 2.05) is 24.5 Å². The van der Waals surface area contributed by atoms with Gasteiger partial charge in [-0.25, -0.2) is 4.98 Å². The summed E-state index contributed by atoms with van der Waals surface area (Å²) in [5.41, 5.74) is 4.77. The van der Waals surface area contributed by atoms with Gasteiger partial charge in [-0.2, -0.15) is 0 Å². The van der Waals surface area contributed by atoms with Crippen molar-refractivity contribution in [2.45, 2.75) is 26.8 Å². The fourth-order valence-corrected chi connectivity index (χ4v) is 3.53. The Labute approximate surface area is 141 Å². The lowest BCUT2D eigenvalue weighted by Crippen LogP contribution is -2.05. The van der Waals surface area contributed by atoms with Crippen LogP contribution in [0.2, 0.25) is 0 Å². The van der Waals surface area contributed by atoms with E-state index in [4.69, 9.17) is 4.98 Å². The summed E-state index contributed by atoms with van der Waals surface area (Å²) in [6.45, 7) is 5.17. The van der Waals surface area contributed by atoms with Gasteiger partial charge in [-0.3, -0.25) is 4.98 Å². The molecule has 0 aliphatic carbocycles. The molecule has 3 rings (SSSR count). The summed E-state index contributed by atoms with van der Waals surface area (Å²) >= 11 is 1.78. The van der Waals surface area contributed by atoms with E-state index < -0.39 is 0 Å². The molecule has 0 bridgehead atoms. The van der Waals surface area contributed by atoms with Gasteiger partial charge in [-0.05, 0) is 43.4 Å². The molecule has 0 amide bonds. The Hall–Kier alpha value is -2.07. The van der Waals surface area contributed by atoms with Crippen LogP contribution in [-0.4, -0.2) is 20.8 Å². The fraction of sp³-hybridized carbons (Fsp3) is 0.263. The first-order valence-corrected chi connectivity index (χ1v) is 9.05. The Morgan fingerprint density at radius 1 is 1.17 bits per heavy atom. The van der Waals surface area contributed by atoms with Gasteiger partial charge in [0.25, 0.3) is 0 Å². The maximum atomic E-state index is 4.91. The highest BCUT2D eigenvalue weighted by Gasteiger charge is 2.16. The molecule has 0 atom stereocenters. The maximum Gasteiger partial charge on any atom is 0.147 e. The molecule has 0 N–H and O–H groups in total. The molecule has 0 radical (unpaired) electrons. The van der Waals surface area contributed by atoms with Crippen molar-refractivity contribution in [3.8, 4) is 0 Å². The molecule has 23 heavy (non-hydrogen) atoms. The Bertz CT molecular complexity index is 834. The lowest BCUT2D eigenvalue weighted by molar-refractivity contribution is 0.806. The van der Waals surface area contributed by atoms with Crippen molar-refractivity contribution < 1.29 is 0 Å². The molecule has 3 nitrogen and oxygen atoms in total. The predicted molar refractivity (Wildman–Crippen MR) is 99.5 cm³/mol. The summed E-state index contributed by atoms with van der Waals surface area (Å²) < 4.78 is 2.30. The van der Waals surface area contributed by atoms with Crippen molar-refractivity contribution in [3.05, 3.63) is 65.8 Å².